The molecule has 4 nitrogen and oxygen atoms in total. The van der Waals surface area contributed by atoms with E-state index in [9.17, 15) is 0 Å². The number of fused-ring (bicyclic) bond motifs is 1. The molecule has 0 atom stereocenters. The highest BCUT2D eigenvalue weighted by Gasteiger charge is 2.21. The Bertz CT molecular complexity index is 484. The van der Waals surface area contributed by atoms with Crippen molar-refractivity contribution in [2.45, 2.75) is 19.8 Å². The lowest BCUT2D eigenvalue weighted by Gasteiger charge is -2.05. The van der Waals surface area contributed by atoms with Crippen molar-refractivity contribution in [2.75, 3.05) is 11.9 Å². The number of aromatic nitrogens is 3. The van der Waals surface area contributed by atoms with E-state index in [1.165, 1.54) is 12.8 Å². The summed E-state index contributed by atoms with van der Waals surface area (Å²) in [6, 6.07) is 0. The standard InChI is InChI=1S/C11H14N4/c1-8-6-14-11-10(12-4-5-15(8)11)13-7-9-2-3-9/h4-6,9H,2-3,7H2,1H3,(H,12,13). The van der Waals surface area contributed by atoms with Crippen LogP contribution in [0.3, 0.4) is 0 Å². The zero-order chi connectivity index (χ0) is 10.3. The lowest BCUT2D eigenvalue weighted by atomic mass is 10.4. The second-order valence-electron chi connectivity index (χ2n) is 4.19. The van der Waals surface area contributed by atoms with E-state index in [2.05, 4.69) is 19.7 Å². The number of aryl methyl sites for hydroxylation is 1. The highest BCUT2D eigenvalue weighted by atomic mass is 15.1. The van der Waals surface area contributed by atoms with Crippen molar-refractivity contribution in [3.05, 3.63) is 24.3 Å². The van der Waals surface area contributed by atoms with Gasteiger partial charge in [0, 0.05) is 30.8 Å². The van der Waals surface area contributed by atoms with Crippen LogP contribution in [0.2, 0.25) is 0 Å². The second kappa shape index (κ2) is 3.22. The van der Waals surface area contributed by atoms with Gasteiger partial charge in [0.05, 0.1) is 0 Å². The fourth-order valence-corrected chi connectivity index (χ4v) is 1.73. The summed E-state index contributed by atoms with van der Waals surface area (Å²) < 4.78 is 2.06. The first-order valence-corrected chi connectivity index (χ1v) is 5.37. The van der Waals surface area contributed by atoms with Gasteiger partial charge in [0.15, 0.2) is 11.5 Å². The maximum atomic E-state index is 4.35. The summed E-state index contributed by atoms with van der Waals surface area (Å²) in [5.41, 5.74) is 2.07. The van der Waals surface area contributed by atoms with Crippen LogP contribution in [0.4, 0.5) is 5.82 Å². The van der Waals surface area contributed by atoms with E-state index >= 15 is 0 Å². The van der Waals surface area contributed by atoms with Gasteiger partial charge in [-0.15, -0.1) is 0 Å². The van der Waals surface area contributed by atoms with Crippen LogP contribution >= 0.6 is 0 Å². The Morgan fingerprint density at radius 1 is 1.47 bits per heavy atom. The molecule has 0 saturated heterocycles. The normalized spacial score (nSPS) is 15.8. The third-order valence-electron chi connectivity index (χ3n) is 2.87. The summed E-state index contributed by atoms with van der Waals surface area (Å²) in [6.45, 7) is 3.07. The smallest absolute Gasteiger partial charge is 0.180 e. The number of hydrogen-bond acceptors (Lipinski definition) is 3. The summed E-state index contributed by atoms with van der Waals surface area (Å²) in [5, 5.41) is 3.37. The summed E-state index contributed by atoms with van der Waals surface area (Å²) in [7, 11) is 0. The summed E-state index contributed by atoms with van der Waals surface area (Å²) in [4.78, 5) is 8.68. The molecular formula is C11H14N4. The first-order chi connectivity index (χ1) is 7.34. The Kier molecular flexibility index (Phi) is 1.87. The summed E-state index contributed by atoms with van der Waals surface area (Å²) >= 11 is 0. The lowest BCUT2D eigenvalue weighted by molar-refractivity contribution is 0.881. The van der Waals surface area contributed by atoms with Crippen molar-refractivity contribution in [1.82, 2.24) is 14.4 Å². The van der Waals surface area contributed by atoms with E-state index in [1.807, 2.05) is 25.5 Å². The predicted molar refractivity (Wildman–Crippen MR) is 58.9 cm³/mol. The maximum Gasteiger partial charge on any atom is 0.180 e. The molecule has 1 aliphatic rings. The Morgan fingerprint density at radius 2 is 2.33 bits per heavy atom. The van der Waals surface area contributed by atoms with Gasteiger partial charge >= 0.3 is 0 Å². The molecule has 15 heavy (non-hydrogen) atoms. The Labute approximate surface area is 88.4 Å². The van der Waals surface area contributed by atoms with E-state index in [-0.39, 0.29) is 0 Å². The van der Waals surface area contributed by atoms with Crippen LogP contribution in [0, 0.1) is 12.8 Å². The molecule has 78 valence electrons. The van der Waals surface area contributed by atoms with E-state index in [1.54, 1.807) is 0 Å². The predicted octanol–water partition coefficient (Wildman–Crippen LogP) is 1.86. The molecule has 2 heterocycles. The van der Waals surface area contributed by atoms with E-state index in [4.69, 9.17) is 0 Å². The third kappa shape index (κ3) is 1.56. The molecule has 1 aliphatic carbocycles. The zero-order valence-electron chi connectivity index (χ0n) is 8.77. The Balaban J connectivity index is 1.94. The van der Waals surface area contributed by atoms with E-state index < -0.39 is 0 Å². The van der Waals surface area contributed by atoms with Gasteiger partial charge in [0.25, 0.3) is 0 Å². The second-order valence-corrected chi connectivity index (χ2v) is 4.19. The fourth-order valence-electron chi connectivity index (χ4n) is 1.73. The summed E-state index contributed by atoms with van der Waals surface area (Å²) in [5.74, 6) is 1.75. The monoisotopic (exact) mass is 202 g/mol. The number of anilines is 1. The van der Waals surface area contributed by atoms with Gasteiger partial charge in [-0.05, 0) is 25.7 Å². The highest BCUT2D eigenvalue weighted by Crippen LogP contribution is 2.29. The maximum absolute atomic E-state index is 4.35. The van der Waals surface area contributed by atoms with Crippen molar-refractivity contribution in [3.8, 4) is 0 Å². The molecule has 2 aromatic heterocycles. The van der Waals surface area contributed by atoms with Gasteiger partial charge in [-0.25, -0.2) is 9.97 Å². The fraction of sp³-hybridized carbons (Fsp3) is 0.455. The third-order valence-corrected chi connectivity index (χ3v) is 2.87. The lowest BCUT2D eigenvalue weighted by Crippen LogP contribution is -2.06. The van der Waals surface area contributed by atoms with Crippen molar-refractivity contribution in [3.63, 3.8) is 0 Å². The zero-order valence-corrected chi connectivity index (χ0v) is 8.77. The average Bonchev–Trinajstić information content (AvgIpc) is 3.01. The minimum atomic E-state index is 0.850. The van der Waals surface area contributed by atoms with Crippen LogP contribution in [-0.2, 0) is 0 Å². The molecule has 4 heteroatoms. The molecule has 1 fully saturated rings. The first kappa shape index (κ1) is 8.71. The van der Waals surface area contributed by atoms with Crippen LogP contribution in [0.1, 0.15) is 18.5 Å². The molecule has 0 aromatic carbocycles. The molecular weight excluding hydrogens is 188 g/mol. The quantitative estimate of drug-likeness (QED) is 0.826. The summed E-state index contributed by atoms with van der Waals surface area (Å²) in [6.07, 6.45) is 8.34. The van der Waals surface area contributed by atoms with E-state index in [0.29, 0.717) is 0 Å². The van der Waals surface area contributed by atoms with Crippen molar-refractivity contribution in [2.24, 2.45) is 5.92 Å². The van der Waals surface area contributed by atoms with Crippen molar-refractivity contribution < 1.29 is 0 Å². The van der Waals surface area contributed by atoms with Crippen molar-refractivity contribution in [1.29, 1.82) is 0 Å². The molecule has 0 spiro atoms. The van der Waals surface area contributed by atoms with Crippen LogP contribution < -0.4 is 5.32 Å². The van der Waals surface area contributed by atoms with Gasteiger partial charge in [0.1, 0.15) is 0 Å². The number of nitrogens with zero attached hydrogens (tertiary/aromatic N) is 3. The molecule has 3 rings (SSSR count). The van der Waals surface area contributed by atoms with E-state index in [0.717, 1.165) is 29.6 Å². The molecule has 0 amide bonds. The topological polar surface area (TPSA) is 42.2 Å². The van der Waals surface area contributed by atoms with Gasteiger partial charge in [-0.2, -0.15) is 0 Å². The molecule has 1 saturated carbocycles. The van der Waals surface area contributed by atoms with Crippen molar-refractivity contribution >= 4 is 11.5 Å². The highest BCUT2D eigenvalue weighted by molar-refractivity contribution is 5.62. The van der Waals surface area contributed by atoms with Crippen LogP contribution in [0.5, 0.6) is 0 Å². The van der Waals surface area contributed by atoms with Gasteiger partial charge in [0.2, 0.25) is 0 Å². The van der Waals surface area contributed by atoms with Crippen LogP contribution in [-0.4, -0.2) is 20.9 Å². The van der Waals surface area contributed by atoms with Gasteiger partial charge < -0.3 is 5.32 Å². The SMILES string of the molecule is Cc1cnc2c(NCC3CC3)nccn12. The average molecular weight is 202 g/mol. The molecule has 1 N–H and O–H groups in total. The number of hydrogen-bond donors (Lipinski definition) is 1. The Hall–Kier alpha value is -1.58. The number of nitrogens with one attached hydrogen (secondary N) is 1. The molecule has 0 aliphatic heterocycles. The largest absolute Gasteiger partial charge is 0.367 e. The minimum Gasteiger partial charge on any atom is -0.367 e. The van der Waals surface area contributed by atoms with Gasteiger partial charge in [-0.3, -0.25) is 4.40 Å². The molecule has 0 bridgehead atoms. The minimum absolute atomic E-state index is 0.850. The number of imidazole rings is 1. The number of rotatable bonds is 3. The van der Waals surface area contributed by atoms with Gasteiger partial charge in [-0.1, -0.05) is 0 Å². The molecule has 2 aromatic rings. The van der Waals surface area contributed by atoms with Crippen LogP contribution in [0.25, 0.3) is 5.65 Å². The Morgan fingerprint density at radius 3 is 3.13 bits per heavy atom. The molecule has 0 radical (unpaired) electrons. The molecule has 0 unspecified atom stereocenters. The first-order valence-electron chi connectivity index (χ1n) is 5.37. The van der Waals surface area contributed by atoms with Crippen LogP contribution in [0.15, 0.2) is 18.6 Å².